The first-order valence-electron chi connectivity index (χ1n) is 6.15. The second-order valence-electron chi connectivity index (χ2n) is 4.61. The predicted molar refractivity (Wildman–Crippen MR) is 78.0 cm³/mol. The molecule has 96 valence electrons. The third-order valence-electron chi connectivity index (χ3n) is 3.04. The molecule has 0 aliphatic heterocycles. The van der Waals surface area contributed by atoms with Crippen LogP contribution in [0.3, 0.4) is 0 Å². The molecule has 0 saturated carbocycles. The van der Waals surface area contributed by atoms with Gasteiger partial charge >= 0.3 is 0 Å². The first-order valence-corrected chi connectivity index (χ1v) is 6.95. The summed E-state index contributed by atoms with van der Waals surface area (Å²) < 4.78 is 2.87. The van der Waals surface area contributed by atoms with Crippen LogP contribution < -0.4 is 5.73 Å². The van der Waals surface area contributed by atoms with Gasteiger partial charge in [0.05, 0.1) is 16.4 Å². The molecule has 1 aromatic carbocycles. The Balaban J connectivity index is 2.40. The molecule has 0 radical (unpaired) electrons. The maximum Gasteiger partial charge on any atom is 0.0678 e. The molecule has 18 heavy (non-hydrogen) atoms. The van der Waals surface area contributed by atoms with Crippen LogP contribution in [0.4, 0.5) is 0 Å². The van der Waals surface area contributed by atoms with E-state index in [-0.39, 0.29) is 6.04 Å². The number of nitrogens with two attached hydrogens (primary N) is 1. The molecule has 0 aliphatic carbocycles. The molecule has 0 aliphatic rings. The van der Waals surface area contributed by atoms with Gasteiger partial charge in [-0.15, -0.1) is 0 Å². The molecule has 1 heterocycles. The monoisotopic (exact) mass is 307 g/mol. The molecule has 4 heteroatoms. The van der Waals surface area contributed by atoms with Crippen molar-refractivity contribution in [2.45, 2.75) is 32.7 Å². The van der Waals surface area contributed by atoms with Crippen LogP contribution in [-0.2, 0) is 6.42 Å². The topological polar surface area (TPSA) is 43.8 Å². The highest BCUT2D eigenvalue weighted by Gasteiger charge is 2.09. The molecule has 1 atom stereocenters. The van der Waals surface area contributed by atoms with Gasteiger partial charge < -0.3 is 5.73 Å². The van der Waals surface area contributed by atoms with Crippen LogP contribution in [0.2, 0.25) is 0 Å². The molecule has 0 fully saturated rings. The van der Waals surface area contributed by atoms with E-state index in [9.17, 15) is 0 Å². The van der Waals surface area contributed by atoms with Crippen molar-refractivity contribution in [3.8, 4) is 5.69 Å². The van der Waals surface area contributed by atoms with E-state index in [2.05, 4.69) is 53.1 Å². The Hall–Kier alpha value is -1.13. The second-order valence-corrected chi connectivity index (χ2v) is 5.52. The highest BCUT2D eigenvalue weighted by atomic mass is 79.9. The van der Waals surface area contributed by atoms with Gasteiger partial charge in [0.15, 0.2) is 0 Å². The van der Waals surface area contributed by atoms with E-state index in [0.29, 0.717) is 0 Å². The van der Waals surface area contributed by atoms with E-state index < -0.39 is 0 Å². The van der Waals surface area contributed by atoms with Gasteiger partial charge in [0.25, 0.3) is 0 Å². The summed E-state index contributed by atoms with van der Waals surface area (Å²) in [5, 5.41) is 4.34. The smallest absolute Gasteiger partial charge is 0.0678 e. The maximum absolute atomic E-state index is 6.07. The summed E-state index contributed by atoms with van der Waals surface area (Å²) in [5.74, 6) is 0. The molecule has 2 N–H and O–H groups in total. The number of benzene rings is 1. The average Bonchev–Trinajstić information content (AvgIpc) is 2.75. The zero-order valence-electron chi connectivity index (χ0n) is 10.7. The van der Waals surface area contributed by atoms with Gasteiger partial charge in [-0.25, -0.2) is 4.68 Å². The van der Waals surface area contributed by atoms with Gasteiger partial charge in [-0.2, -0.15) is 5.10 Å². The highest BCUT2D eigenvalue weighted by molar-refractivity contribution is 9.10. The van der Waals surface area contributed by atoms with Crippen molar-refractivity contribution < 1.29 is 0 Å². The SMILES string of the molecule is CCC(N)Cc1cc(C)ccc1-n1cc(Br)cn1. The quantitative estimate of drug-likeness (QED) is 0.942. The third kappa shape index (κ3) is 3.00. The molecule has 0 spiro atoms. The lowest BCUT2D eigenvalue weighted by Crippen LogP contribution is -2.22. The van der Waals surface area contributed by atoms with E-state index in [1.165, 1.54) is 11.1 Å². The lowest BCUT2D eigenvalue weighted by molar-refractivity contribution is 0.642. The molecular formula is C14H18BrN3. The number of hydrogen-bond acceptors (Lipinski definition) is 2. The van der Waals surface area contributed by atoms with Crippen molar-refractivity contribution in [3.05, 3.63) is 46.2 Å². The Morgan fingerprint density at radius 1 is 1.44 bits per heavy atom. The molecule has 3 nitrogen and oxygen atoms in total. The standard InChI is InChI=1S/C14H18BrN3/c1-3-13(16)7-11-6-10(2)4-5-14(11)18-9-12(15)8-17-18/h4-6,8-9,13H,3,7,16H2,1-2H3. The third-order valence-corrected chi connectivity index (χ3v) is 3.45. The highest BCUT2D eigenvalue weighted by Crippen LogP contribution is 2.20. The fraction of sp³-hybridized carbons (Fsp3) is 0.357. The Labute approximate surface area is 116 Å². The molecule has 0 bridgehead atoms. The van der Waals surface area contributed by atoms with E-state index >= 15 is 0 Å². The van der Waals surface area contributed by atoms with Crippen molar-refractivity contribution in [1.82, 2.24) is 9.78 Å². The number of nitrogens with zero attached hydrogens (tertiary/aromatic N) is 2. The summed E-state index contributed by atoms with van der Waals surface area (Å²) in [5.41, 5.74) is 9.68. The van der Waals surface area contributed by atoms with E-state index in [0.717, 1.165) is 23.0 Å². The second kappa shape index (κ2) is 5.67. The predicted octanol–water partition coefficient (Wildman–Crippen LogP) is 3.22. The summed E-state index contributed by atoms with van der Waals surface area (Å²) in [7, 11) is 0. The molecule has 1 aromatic heterocycles. The van der Waals surface area contributed by atoms with E-state index in [1.54, 1.807) is 6.20 Å². The molecule has 2 aromatic rings. The summed E-state index contributed by atoms with van der Waals surface area (Å²) >= 11 is 3.42. The number of rotatable bonds is 4. The first kappa shape index (κ1) is 13.3. The van der Waals surface area contributed by atoms with Crippen LogP contribution in [0.25, 0.3) is 5.69 Å². The first-order chi connectivity index (χ1) is 8.60. The van der Waals surface area contributed by atoms with E-state index in [4.69, 9.17) is 5.73 Å². The van der Waals surface area contributed by atoms with Crippen LogP contribution in [0.1, 0.15) is 24.5 Å². The van der Waals surface area contributed by atoms with Crippen LogP contribution in [0.15, 0.2) is 35.1 Å². The molecule has 1 unspecified atom stereocenters. The lowest BCUT2D eigenvalue weighted by atomic mass is 10.0. The van der Waals surface area contributed by atoms with Gasteiger partial charge in [-0.05, 0) is 47.3 Å². The number of hydrogen-bond donors (Lipinski definition) is 1. The van der Waals surface area contributed by atoms with Crippen molar-refractivity contribution in [2.24, 2.45) is 5.73 Å². The Kier molecular flexibility index (Phi) is 4.19. The minimum atomic E-state index is 0.199. The fourth-order valence-electron chi connectivity index (χ4n) is 1.96. The lowest BCUT2D eigenvalue weighted by Gasteiger charge is -2.14. The van der Waals surface area contributed by atoms with Gasteiger partial charge in [0, 0.05) is 12.2 Å². The minimum Gasteiger partial charge on any atom is -0.327 e. The van der Waals surface area contributed by atoms with Gasteiger partial charge in [-0.3, -0.25) is 0 Å². The van der Waals surface area contributed by atoms with Gasteiger partial charge in [0.2, 0.25) is 0 Å². The molecule has 2 rings (SSSR count). The summed E-state index contributed by atoms with van der Waals surface area (Å²) in [4.78, 5) is 0. The summed E-state index contributed by atoms with van der Waals surface area (Å²) in [6.07, 6.45) is 5.62. The van der Waals surface area contributed by atoms with Crippen molar-refractivity contribution in [1.29, 1.82) is 0 Å². The van der Waals surface area contributed by atoms with Crippen molar-refractivity contribution in [2.75, 3.05) is 0 Å². The molecule has 0 amide bonds. The van der Waals surface area contributed by atoms with Crippen molar-refractivity contribution >= 4 is 15.9 Å². The average molecular weight is 308 g/mol. The number of aromatic nitrogens is 2. The van der Waals surface area contributed by atoms with E-state index in [1.807, 2.05) is 10.9 Å². The summed E-state index contributed by atoms with van der Waals surface area (Å²) in [6.45, 7) is 4.22. The van der Waals surface area contributed by atoms with Gasteiger partial charge in [0.1, 0.15) is 0 Å². The fourth-order valence-corrected chi connectivity index (χ4v) is 2.25. The minimum absolute atomic E-state index is 0.199. The van der Waals surface area contributed by atoms with Crippen molar-refractivity contribution in [3.63, 3.8) is 0 Å². The Morgan fingerprint density at radius 3 is 2.83 bits per heavy atom. The Morgan fingerprint density at radius 2 is 2.22 bits per heavy atom. The zero-order chi connectivity index (χ0) is 13.1. The Bertz CT molecular complexity index is 534. The van der Waals surface area contributed by atoms with Gasteiger partial charge in [-0.1, -0.05) is 24.6 Å². The van der Waals surface area contributed by atoms with Crippen LogP contribution >= 0.6 is 15.9 Å². The summed E-state index contributed by atoms with van der Waals surface area (Å²) in [6, 6.07) is 6.60. The molecular weight excluding hydrogens is 290 g/mol. The van der Waals surface area contributed by atoms with Crippen LogP contribution in [-0.4, -0.2) is 15.8 Å². The number of halogens is 1. The number of aryl methyl sites for hydroxylation is 1. The normalized spacial score (nSPS) is 12.7. The zero-order valence-corrected chi connectivity index (χ0v) is 12.3. The largest absolute Gasteiger partial charge is 0.327 e. The van der Waals surface area contributed by atoms with Crippen LogP contribution in [0.5, 0.6) is 0 Å². The van der Waals surface area contributed by atoms with Crippen LogP contribution in [0, 0.1) is 6.92 Å². The molecule has 0 saturated heterocycles. The maximum atomic E-state index is 6.07.